The Bertz CT molecular complexity index is 276. The van der Waals surface area contributed by atoms with Crippen molar-refractivity contribution in [3.8, 4) is 5.75 Å². The first-order valence-corrected chi connectivity index (χ1v) is 5.39. The van der Waals surface area contributed by atoms with Gasteiger partial charge in [0.15, 0.2) is 0 Å². The first kappa shape index (κ1) is 12.0. The summed E-state index contributed by atoms with van der Waals surface area (Å²) in [6.07, 6.45) is 1.02. The molecular formula is C12H19NO2. The van der Waals surface area contributed by atoms with Crippen molar-refractivity contribution < 1.29 is 9.84 Å². The fourth-order valence-electron chi connectivity index (χ4n) is 1.34. The zero-order valence-electron chi connectivity index (χ0n) is 9.20. The second-order valence-electron chi connectivity index (χ2n) is 3.40. The maximum Gasteiger partial charge on any atom is 0.115 e. The number of benzene rings is 1. The molecule has 0 spiro atoms. The van der Waals surface area contributed by atoms with Crippen LogP contribution in [-0.2, 0) is 11.3 Å². The molecule has 0 fully saturated rings. The molecule has 1 aromatic carbocycles. The average molecular weight is 209 g/mol. The second kappa shape index (κ2) is 7.26. The molecule has 0 radical (unpaired) electrons. The number of aromatic hydroxyl groups is 1. The van der Waals surface area contributed by atoms with E-state index in [0.29, 0.717) is 5.75 Å². The molecule has 3 nitrogen and oxygen atoms in total. The Balaban J connectivity index is 2.10. The molecule has 0 saturated carbocycles. The van der Waals surface area contributed by atoms with E-state index in [1.807, 2.05) is 19.1 Å². The Kier molecular flexibility index (Phi) is 5.81. The lowest BCUT2D eigenvalue weighted by atomic mass is 10.2. The van der Waals surface area contributed by atoms with Crippen molar-refractivity contribution in [3.63, 3.8) is 0 Å². The van der Waals surface area contributed by atoms with E-state index in [-0.39, 0.29) is 0 Å². The Morgan fingerprint density at radius 1 is 1.40 bits per heavy atom. The van der Waals surface area contributed by atoms with Crippen LogP contribution in [0.25, 0.3) is 0 Å². The molecule has 0 aliphatic rings. The minimum absolute atomic E-state index is 0.323. The number of nitrogens with one attached hydrogen (secondary N) is 1. The number of ether oxygens (including phenoxy) is 1. The normalized spacial score (nSPS) is 10.5. The molecule has 15 heavy (non-hydrogen) atoms. The molecule has 0 aliphatic heterocycles. The third-order valence-corrected chi connectivity index (χ3v) is 2.09. The highest BCUT2D eigenvalue weighted by atomic mass is 16.5. The molecule has 0 amide bonds. The Labute approximate surface area is 91.1 Å². The van der Waals surface area contributed by atoms with E-state index in [1.54, 1.807) is 12.1 Å². The molecule has 84 valence electrons. The summed E-state index contributed by atoms with van der Waals surface area (Å²) in [5.74, 6) is 0.323. The van der Waals surface area contributed by atoms with Crippen LogP contribution in [0, 0.1) is 0 Å². The van der Waals surface area contributed by atoms with Gasteiger partial charge in [-0.2, -0.15) is 0 Å². The van der Waals surface area contributed by atoms with Crippen molar-refractivity contribution in [3.05, 3.63) is 29.8 Å². The van der Waals surface area contributed by atoms with Gasteiger partial charge in [-0.25, -0.2) is 0 Å². The lowest BCUT2D eigenvalue weighted by Crippen LogP contribution is -2.16. The van der Waals surface area contributed by atoms with Crippen LogP contribution in [0.2, 0.25) is 0 Å². The SMILES string of the molecule is CCOCCCNCc1cccc(O)c1. The van der Waals surface area contributed by atoms with E-state index in [4.69, 9.17) is 4.74 Å². The van der Waals surface area contributed by atoms with Crippen molar-refractivity contribution in [2.24, 2.45) is 0 Å². The molecule has 0 heterocycles. The predicted octanol–water partition coefficient (Wildman–Crippen LogP) is 1.91. The number of phenolic OH excluding ortho intramolecular Hbond substituents is 1. The summed E-state index contributed by atoms with van der Waals surface area (Å²) in [5.41, 5.74) is 1.10. The van der Waals surface area contributed by atoms with Crippen LogP contribution in [0.1, 0.15) is 18.9 Å². The fraction of sp³-hybridized carbons (Fsp3) is 0.500. The Hall–Kier alpha value is -1.06. The molecule has 0 aliphatic carbocycles. The summed E-state index contributed by atoms with van der Waals surface area (Å²) < 4.78 is 5.22. The lowest BCUT2D eigenvalue weighted by molar-refractivity contribution is 0.144. The molecule has 2 N–H and O–H groups in total. The highest BCUT2D eigenvalue weighted by Crippen LogP contribution is 2.10. The highest BCUT2D eigenvalue weighted by Gasteiger charge is 1.93. The van der Waals surface area contributed by atoms with Crippen LogP contribution in [-0.4, -0.2) is 24.9 Å². The maximum absolute atomic E-state index is 9.24. The largest absolute Gasteiger partial charge is 0.508 e. The van der Waals surface area contributed by atoms with E-state index in [9.17, 15) is 5.11 Å². The maximum atomic E-state index is 9.24. The first-order valence-electron chi connectivity index (χ1n) is 5.39. The molecule has 3 heteroatoms. The molecule has 0 aromatic heterocycles. The zero-order valence-corrected chi connectivity index (χ0v) is 9.20. The smallest absolute Gasteiger partial charge is 0.115 e. The number of hydrogen-bond acceptors (Lipinski definition) is 3. The van der Waals surface area contributed by atoms with Gasteiger partial charge in [-0.3, -0.25) is 0 Å². The van der Waals surface area contributed by atoms with E-state index < -0.39 is 0 Å². The number of phenols is 1. The molecule has 0 bridgehead atoms. The Morgan fingerprint density at radius 2 is 2.27 bits per heavy atom. The summed E-state index contributed by atoms with van der Waals surface area (Å²) in [5, 5.41) is 12.5. The molecular weight excluding hydrogens is 190 g/mol. The average Bonchev–Trinajstić information content (AvgIpc) is 2.23. The van der Waals surface area contributed by atoms with Crippen molar-refractivity contribution in [2.75, 3.05) is 19.8 Å². The quantitative estimate of drug-likeness (QED) is 0.674. The summed E-state index contributed by atoms with van der Waals surface area (Å²) in [6.45, 7) is 5.33. The minimum Gasteiger partial charge on any atom is -0.508 e. The summed E-state index contributed by atoms with van der Waals surface area (Å²) in [4.78, 5) is 0. The van der Waals surface area contributed by atoms with Gasteiger partial charge < -0.3 is 15.2 Å². The van der Waals surface area contributed by atoms with Crippen LogP contribution in [0.3, 0.4) is 0 Å². The topological polar surface area (TPSA) is 41.5 Å². The molecule has 0 saturated heterocycles. The molecule has 0 unspecified atom stereocenters. The molecule has 1 rings (SSSR count). The monoisotopic (exact) mass is 209 g/mol. The predicted molar refractivity (Wildman–Crippen MR) is 60.9 cm³/mol. The van der Waals surface area contributed by atoms with Crippen LogP contribution in [0.4, 0.5) is 0 Å². The van der Waals surface area contributed by atoms with Crippen molar-refractivity contribution >= 4 is 0 Å². The Morgan fingerprint density at radius 3 is 3.00 bits per heavy atom. The van der Waals surface area contributed by atoms with Gasteiger partial charge in [0.05, 0.1) is 0 Å². The van der Waals surface area contributed by atoms with Crippen molar-refractivity contribution in [2.45, 2.75) is 19.9 Å². The zero-order chi connectivity index (χ0) is 10.9. The van der Waals surface area contributed by atoms with Gasteiger partial charge in [0, 0.05) is 19.8 Å². The lowest BCUT2D eigenvalue weighted by Gasteiger charge is -2.05. The third kappa shape index (κ3) is 5.40. The van der Waals surface area contributed by atoms with Crippen molar-refractivity contribution in [1.29, 1.82) is 0 Å². The van der Waals surface area contributed by atoms with Gasteiger partial charge in [-0.05, 0) is 37.6 Å². The van der Waals surface area contributed by atoms with Gasteiger partial charge in [0.25, 0.3) is 0 Å². The number of rotatable bonds is 7. The summed E-state index contributed by atoms with van der Waals surface area (Å²) >= 11 is 0. The highest BCUT2D eigenvalue weighted by molar-refractivity contribution is 5.26. The van der Waals surface area contributed by atoms with E-state index >= 15 is 0 Å². The third-order valence-electron chi connectivity index (χ3n) is 2.09. The second-order valence-corrected chi connectivity index (χ2v) is 3.40. The van der Waals surface area contributed by atoms with Crippen LogP contribution in [0.5, 0.6) is 5.75 Å². The minimum atomic E-state index is 0.323. The number of hydrogen-bond donors (Lipinski definition) is 2. The van der Waals surface area contributed by atoms with E-state index in [2.05, 4.69) is 5.32 Å². The van der Waals surface area contributed by atoms with Crippen LogP contribution < -0.4 is 5.32 Å². The first-order chi connectivity index (χ1) is 7.33. The van der Waals surface area contributed by atoms with Crippen LogP contribution >= 0.6 is 0 Å². The summed E-state index contributed by atoms with van der Waals surface area (Å²) in [6, 6.07) is 7.30. The fourth-order valence-corrected chi connectivity index (χ4v) is 1.34. The van der Waals surface area contributed by atoms with Gasteiger partial charge in [-0.15, -0.1) is 0 Å². The summed E-state index contributed by atoms with van der Waals surface area (Å²) in [7, 11) is 0. The van der Waals surface area contributed by atoms with Gasteiger partial charge in [-0.1, -0.05) is 12.1 Å². The van der Waals surface area contributed by atoms with E-state index in [1.165, 1.54) is 0 Å². The van der Waals surface area contributed by atoms with Crippen molar-refractivity contribution in [1.82, 2.24) is 5.32 Å². The van der Waals surface area contributed by atoms with Gasteiger partial charge in [0.1, 0.15) is 5.75 Å². The van der Waals surface area contributed by atoms with Gasteiger partial charge >= 0.3 is 0 Å². The molecule has 1 aromatic rings. The van der Waals surface area contributed by atoms with E-state index in [0.717, 1.165) is 38.3 Å². The molecule has 0 atom stereocenters. The van der Waals surface area contributed by atoms with Gasteiger partial charge in [0.2, 0.25) is 0 Å². The standard InChI is InChI=1S/C12H19NO2/c1-2-15-8-4-7-13-10-11-5-3-6-12(14)9-11/h3,5-6,9,13-14H,2,4,7-8,10H2,1H3. The van der Waals surface area contributed by atoms with Crippen LogP contribution in [0.15, 0.2) is 24.3 Å².